The number of halogens is 1. The number of primary amides is 1. The van der Waals surface area contributed by atoms with E-state index in [0.29, 0.717) is 17.0 Å². The minimum atomic E-state index is -0.507. The highest BCUT2D eigenvalue weighted by atomic mass is 127. The van der Waals surface area contributed by atoms with Gasteiger partial charge in [0.15, 0.2) is 0 Å². The molecule has 0 bridgehead atoms. The van der Waals surface area contributed by atoms with Crippen LogP contribution in [0.2, 0.25) is 0 Å². The normalized spacial score (nSPS) is 9.86. The maximum absolute atomic E-state index is 11.1. The molecule has 0 saturated heterocycles. The van der Waals surface area contributed by atoms with Crippen molar-refractivity contribution in [2.75, 3.05) is 12.8 Å². The predicted octanol–water partition coefficient (Wildman–Crippen LogP) is 1.31. The third-order valence-corrected chi connectivity index (χ3v) is 2.69. The quantitative estimate of drug-likeness (QED) is 0.502. The molecular weight excluding hydrogens is 295 g/mol. The number of hydrogen-bond donors (Lipinski definition) is 2. The first kappa shape index (κ1) is 11.1. The monoisotopic (exact) mass is 306 g/mol. The van der Waals surface area contributed by atoms with E-state index in [2.05, 4.69) is 22.6 Å². The number of alkyl halides is 1. The van der Waals surface area contributed by atoms with Gasteiger partial charge in [0.1, 0.15) is 5.75 Å². The second-order valence-corrected chi connectivity index (χ2v) is 3.51. The zero-order valence-corrected chi connectivity index (χ0v) is 9.87. The fourth-order valence-electron chi connectivity index (χ4n) is 1.12. The number of amides is 1. The van der Waals surface area contributed by atoms with Gasteiger partial charge in [0.05, 0.1) is 12.7 Å². The molecule has 1 aromatic carbocycles. The van der Waals surface area contributed by atoms with Crippen LogP contribution in [0.1, 0.15) is 15.9 Å². The van der Waals surface area contributed by atoms with Crippen molar-refractivity contribution in [1.29, 1.82) is 0 Å². The summed E-state index contributed by atoms with van der Waals surface area (Å²) >= 11 is 2.17. The number of anilines is 1. The zero-order valence-electron chi connectivity index (χ0n) is 7.71. The zero-order chi connectivity index (χ0) is 10.7. The number of benzene rings is 1. The van der Waals surface area contributed by atoms with Crippen LogP contribution in [0, 0.1) is 0 Å². The Morgan fingerprint density at radius 3 is 2.64 bits per heavy atom. The molecule has 14 heavy (non-hydrogen) atoms. The summed E-state index contributed by atoms with van der Waals surface area (Å²) < 4.78 is 5.73. The average Bonchev–Trinajstić information content (AvgIpc) is 2.16. The van der Waals surface area contributed by atoms with Crippen molar-refractivity contribution in [2.45, 2.75) is 4.43 Å². The summed E-state index contributed by atoms with van der Waals surface area (Å²) in [5.41, 5.74) is 12.8. The Balaban J connectivity index is 3.32. The molecule has 0 heterocycles. The van der Waals surface area contributed by atoms with Crippen LogP contribution in [0.25, 0.3) is 0 Å². The van der Waals surface area contributed by atoms with Crippen LogP contribution in [-0.2, 0) is 4.43 Å². The maximum Gasteiger partial charge on any atom is 0.252 e. The fourth-order valence-corrected chi connectivity index (χ4v) is 1.78. The van der Waals surface area contributed by atoms with Gasteiger partial charge in [-0.2, -0.15) is 0 Å². The second kappa shape index (κ2) is 4.50. The molecule has 0 aliphatic heterocycles. The Labute approximate surface area is 95.7 Å². The number of methoxy groups -OCH3 is 1. The Morgan fingerprint density at radius 1 is 1.57 bits per heavy atom. The van der Waals surface area contributed by atoms with Crippen LogP contribution >= 0.6 is 22.6 Å². The highest BCUT2D eigenvalue weighted by Crippen LogP contribution is 2.26. The van der Waals surface area contributed by atoms with Gasteiger partial charge in [-0.15, -0.1) is 0 Å². The van der Waals surface area contributed by atoms with Gasteiger partial charge >= 0.3 is 0 Å². The summed E-state index contributed by atoms with van der Waals surface area (Å²) in [6, 6.07) is 3.29. The summed E-state index contributed by atoms with van der Waals surface area (Å²) in [4.78, 5) is 11.1. The highest BCUT2D eigenvalue weighted by molar-refractivity contribution is 14.1. The maximum atomic E-state index is 11.1. The predicted molar refractivity (Wildman–Crippen MR) is 63.6 cm³/mol. The first-order valence-electron chi connectivity index (χ1n) is 3.92. The van der Waals surface area contributed by atoms with Crippen LogP contribution in [0.4, 0.5) is 5.69 Å². The molecule has 0 unspecified atom stereocenters. The Kier molecular flexibility index (Phi) is 3.56. The summed E-state index contributed by atoms with van der Waals surface area (Å²) in [6.45, 7) is 0. The topological polar surface area (TPSA) is 78.3 Å². The third-order valence-electron chi connectivity index (χ3n) is 1.87. The smallest absolute Gasteiger partial charge is 0.252 e. The van der Waals surface area contributed by atoms with Gasteiger partial charge in [0, 0.05) is 16.2 Å². The molecule has 76 valence electrons. The molecule has 0 aliphatic rings. The first-order valence-corrected chi connectivity index (χ1v) is 5.44. The van der Waals surface area contributed by atoms with Gasteiger partial charge in [-0.3, -0.25) is 4.79 Å². The fraction of sp³-hybridized carbons (Fsp3) is 0.222. The van der Waals surface area contributed by atoms with Crippen molar-refractivity contribution in [3.63, 3.8) is 0 Å². The van der Waals surface area contributed by atoms with E-state index in [0.717, 1.165) is 9.99 Å². The molecule has 0 saturated carbocycles. The Hall–Kier alpha value is -0.980. The van der Waals surface area contributed by atoms with Crippen LogP contribution < -0.4 is 16.2 Å². The van der Waals surface area contributed by atoms with Crippen LogP contribution in [0.5, 0.6) is 5.75 Å². The number of nitrogen functional groups attached to an aromatic ring is 1. The molecular formula is C9H11IN2O2. The molecule has 4 nitrogen and oxygen atoms in total. The van der Waals surface area contributed by atoms with Gasteiger partial charge in [0.25, 0.3) is 5.91 Å². The van der Waals surface area contributed by atoms with E-state index in [1.165, 1.54) is 7.11 Å². The molecule has 4 N–H and O–H groups in total. The van der Waals surface area contributed by atoms with E-state index in [4.69, 9.17) is 16.2 Å². The molecule has 0 atom stereocenters. The molecule has 0 aliphatic carbocycles. The summed E-state index contributed by atoms with van der Waals surface area (Å²) in [6.07, 6.45) is 0. The number of carbonyl (C=O) groups is 1. The van der Waals surface area contributed by atoms with Gasteiger partial charge in [-0.1, -0.05) is 22.6 Å². The number of carbonyl (C=O) groups excluding carboxylic acids is 1. The number of rotatable bonds is 3. The summed E-state index contributed by atoms with van der Waals surface area (Å²) in [5.74, 6) is -0.0865. The minimum Gasteiger partial charge on any atom is -0.496 e. The average molecular weight is 306 g/mol. The van der Waals surface area contributed by atoms with Crippen LogP contribution in [0.3, 0.4) is 0 Å². The molecule has 5 heteroatoms. The lowest BCUT2D eigenvalue weighted by Gasteiger charge is -2.09. The van der Waals surface area contributed by atoms with Crippen LogP contribution in [-0.4, -0.2) is 13.0 Å². The Morgan fingerprint density at radius 2 is 2.21 bits per heavy atom. The lowest BCUT2D eigenvalue weighted by Crippen LogP contribution is -2.13. The van der Waals surface area contributed by atoms with Gasteiger partial charge in [0.2, 0.25) is 0 Å². The minimum absolute atomic E-state index is 0.369. The van der Waals surface area contributed by atoms with Gasteiger partial charge < -0.3 is 16.2 Å². The van der Waals surface area contributed by atoms with Crippen molar-refractivity contribution in [3.8, 4) is 5.75 Å². The molecule has 1 amide bonds. The number of hydrogen-bond acceptors (Lipinski definition) is 3. The van der Waals surface area contributed by atoms with Crippen molar-refractivity contribution < 1.29 is 9.53 Å². The van der Waals surface area contributed by atoms with E-state index >= 15 is 0 Å². The van der Waals surface area contributed by atoms with Gasteiger partial charge in [-0.25, -0.2) is 0 Å². The number of nitrogens with two attached hydrogens (primary N) is 2. The largest absolute Gasteiger partial charge is 0.496 e. The SMILES string of the molecule is COc1cc(N)c(CI)cc1C(N)=O. The van der Waals surface area contributed by atoms with E-state index in [1.54, 1.807) is 12.1 Å². The molecule has 0 fully saturated rings. The lowest BCUT2D eigenvalue weighted by atomic mass is 10.1. The third kappa shape index (κ3) is 2.09. The van der Waals surface area contributed by atoms with Crippen molar-refractivity contribution in [1.82, 2.24) is 0 Å². The standard InChI is InChI=1S/C9H11IN2O2/c1-14-8-3-7(11)5(4-10)2-6(8)9(12)13/h2-3H,4,11H2,1H3,(H2,12,13). The molecule has 0 radical (unpaired) electrons. The van der Waals surface area contributed by atoms with Crippen molar-refractivity contribution >= 4 is 34.2 Å². The summed E-state index contributed by atoms with van der Waals surface area (Å²) in [7, 11) is 1.48. The highest BCUT2D eigenvalue weighted by Gasteiger charge is 2.11. The van der Waals surface area contributed by atoms with Crippen molar-refractivity contribution in [2.24, 2.45) is 5.73 Å². The van der Waals surface area contributed by atoms with Gasteiger partial charge in [-0.05, 0) is 11.6 Å². The molecule has 0 aromatic heterocycles. The second-order valence-electron chi connectivity index (χ2n) is 2.75. The van der Waals surface area contributed by atoms with E-state index in [-0.39, 0.29) is 0 Å². The summed E-state index contributed by atoms with van der Waals surface area (Å²) in [5, 5.41) is 0. The molecule has 0 spiro atoms. The van der Waals surface area contributed by atoms with Crippen LogP contribution in [0.15, 0.2) is 12.1 Å². The van der Waals surface area contributed by atoms with E-state index in [9.17, 15) is 4.79 Å². The molecule has 1 rings (SSSR count). The number of ether oxygens (including phenoxy) is 1. The van der Waals surface area contributed by atoms with E-state index in [1.807, 2.05) is 0 Å². The molecule has 1 aromatic rings. The van der Waals surface area contributed by atoms with Crippen molar-refractivity contribution in [3.05, 3.63) is 23.3 Å². The Bertz CT molecular complexity index is 366. The van der Waals surface area contributed by atoms with E-state index < -0.39 is 5.91 Å². The lowest BCUT2D eigenvalue weighted by molar-refractivity contribution is 0.0997. The first-order chi connectivity index (χ1) is 6.60.